The zero-order chi connectivity index (χ0) is 27.9. The second-order valence-corrected chi connectivity index (χ2v) is 11.7. The van der Waals surface area contributed by atoms with Crippen LogP contribution in [0, 0.1) is 5.82 Å². The van der Waals surface area contributed by atoms with Crippen molar-refractivity contribution in [3.8, 4) is 22.9 Å². The van der Waals surface area contributed by atoms with Crippen LogP contribution in [-0.2, 0) is 0 Å². The number of hydrogen-bond acceptors (Lipinski definition) is 8. The molecule has 0 saturated carbocycles. The first-order chi connectivity index (χ1) is 20.1. The summed E-state index contributed by atoms with van der Waals surface area (Å²) in [5.41, 5.74) is 7.02. The number of aromatic hydroxyl groups is 1. The number of halogens is 1. The summed E-state index contributed by atoms with van der Waals surface area (Å²) in [5.74, 6) is 0.383. The molecule has 4 N–H and O–H groups in total. The zero-order valence-electron chi connectivity index (χ0n) is 23.2. The van der Waals surface area contributed by atoms with Gasteiger partial charge in [-0.05, 0) is 86.3 Å². The van der Waals surface area contributed by atoms with Gasteiger partial charge in [0.05, 0.1) is 0 Å². The van der Waals surface area contributed by atoms with Crippen molar-refractivity contribution in [1.82, 2.24) is 20.2 Å². The highest BCUT2D eigenvalue weighted by atomic mass is 19.1. The predicted octanol–water partition coefficient (Wildman–Crippen LogP) is 4.43. The van der Waals surface area contributed by atoms with Crippen LogP contribution in [0.25, 0.3) is 32.8 Å². The Morgan fingerprint density at radius 1 is 1.00 bits per heavy atom. The van der Waals surface area contributed by atoms with Gasteiger partial charge in [0, 0.05) is 42.2 Å². The predicted molar refractivity (Wildman–Crippen MR) is 160 cm³/mol. The van der Waals surface area contributed by atoms with Crippen LogP contribution in [0.4, 0.5) is 10.2 Å². The zero-order valence-corrected chi connectivity index (χ0v) is 23.2. The van der Waals surface area contributed by atoms with Gasteiger partial charge >= 0.3 is 6.01 Å². The molecule has 3 aromatic carbocycles. The first kappa shape index (κ1) is 26.4. The fraction of sp³-hybridized carbons (Fsp3) is 0.438. The Kier molecular flexibility index (Phi) is 7.10. The van der Waals surface area contributed by atoms with Crippen LogP contribution in [0.15, 0.2) is 48.5 Å². The minimum Gasteiger partial charge on any atom is -0.508 e. The number of aromatic nitrogens is 2. The van der Waals surface area contributed by atoms with Crippen LogP contribution >= 0.6 is 0 Å². The highest BCUT2D eigenvalue weighted by Gasteiger charge is 2.34. The number of nitrogens with two attached hydrogens (primary N) is 1. The van der Waals surface area contributed by atoms with Gasteiger partial charge in [-0.1, -0.05) is 30.3 Å². The Morgan fingerprint density at radius 3 is 2.66 bits per heavy atom. The first-order valence-corrected chi connectivity index (χ1v) is 14.9. The molecule has 3 atom stereocenters. The smallest absolute Gasteiger partial charge is 0.319 e. The first-order valence-electron chi connectivity index (χ1n) is 14.9. The Balaban J connectivity index is 1.30. The van der Waals surface area contributed by atoms with Crippen molar-refractivity contribution < 1.29 is 14.2 Å². The van der Waals surface area contributed by atoms with E-state index < -0.39 is 5.82 Å². The Hall–Kier alpha value is -3.53. The van der Waals surface area contributed by atoms with Crippen LogP contribution < -0.4 is 20.7 Å². The number of phenolic OH excluding ortho intramolecular Hbond substituents is 1. The summed E-state index contributed by atoms with van der Waals surface area (Å²) < 4.78 is 22.8. The summed E-state index contributed by atoms with van der Waals surface area (Å²) in [6.45, 7) is 4.76. The standard InChI is InChI=1S/C32H37FN6O2/c33-29-26(28-16-24(40)15-20-5-1-2-7-25(20)28)10-11-27-30(29)36-32(41-19-23-6-3-13-38(23)14-4-12-34)37-31(27)39-17-21-8-9-22(18-39)35-21/h1-2,5,7,10-11,15-16,21-23,35,40H,3-4,6,8-9,12-14,17-19,34H2/t21-,22+,23-/m0/s1. The molecule has 0 aliphatic carbocycles. The molecule has 3 saturated heterocycles. The lowest BCUT2D eigenvalue weighted by molar-refractivity contribution is 0.164. The third-order valence-electron chi connectivity index (χ3n) is 8.97. The van der Waals surface area contributed by atoms with E-state index in [0.29, 0.717) is 41.7 Å². The molecule has 3 fully saturated rings. The number of piperazine rings is 1. The number of likely N-dealkylation sites (tertiary alicyclic amines) is 1. The molecule has 8 nitrogen and oxygen atoms in total. The van der Waals surface area contributed by atoms with E-state index in [1.165, 1.54) is 0 Å². The second kappa shape index (κ2) is 11.0. The minimum absolute atomic E-state index is 0.0950. The van der Waals surface area contributed by atoms with Crippen LogP contribution in [0.2, 0.25) is 0 Å². The van der Waals surface area contributed by atoms with Crippen molar-refractivity contribution in [1.29, 1.82) is 0 Å². The van der Waals surface area contributed by atoms with E-state index in [1.807, 2.05) is 30.3 Å². The minimum atomic E-state index is -0.435. The highest BCUT2D eigenvalue weighted by Crippen LogP contribution is 2.39. The summed E-state index contributed by atoms with van der Waals surface area (Å²) in [6, 6.07) is 16.0. The van der Waals surface area contributed by atoms with E-state index in [1.54, 1.807) is 18.2 Å². The van der Waals surface area contributed by atoms with E-state index in [-0.39, 0.29) is 23.3 Å². The van der Waals surface area contributed by atoms with Crippen molar-refractivity contribution in [2.24, 2.45) is 5.73 Å². The molecular formula is C32H37FN6O2. The van der Waals surface area contributed by atoms with Crippen LogP contribution in [0.1, 0.15) is 32.1 Å². The van der Waals surface area contributed by atoms with Crippen LogP contribution in [0.3, 0.4) is 0 Å². The topological polar surface area (TPSA) is 99.8 Å². The molecule has 0 spiro atoms. The van der Waals surface area contributed by atoms with Crippen LogP contribution in [0.5, 0.6) is 11.8 Å². The third-order valence-corrected chi connectivity index (χ3v) is 8.97. The number of phenols is 1. The van der Waals surface area contributed by atoms with Crippen molar-refractivity contribution >= 4 is 27.5 Å². The third kappa shape index (κ3) is 5.07. The van der Waals surface area contributed by atoms with Gasteiger partial charge in [0.2, 0.25) is 0 Å². The summed E-state index contributed by atoms with van der Waals surface area (Å²) in [6.07, 6.45) is 5.40. The normalized spacial score (nSPS) is 22.7. The Labute approximate surface area is 239 Å². The second-order valence-electron chi connectivity index (χ2n) is 11.7. The molecule has 4 heterocycles. The van der Waals surface area contributed by atoms with Crippen molar-refractivity contribution in [2.45, 2.75) is 50.2 Å². The fourth-order valence-electron chi connectivity index (χ4n) is 6.97. The Morgan fingerprint density at radius 2 is 1.83 bits per heavy atom. The molecule has 4 aromatic rings. The lowest BCUT2D eigenvalue weighted by atomic mass is 9.96. The number of rotatable bonds is 8. The number of fused-ring (bicyclic) bond motifs is 4. The Bertz CT molecular complexity index is 1570. The van der Waals surface area contributed by atoms with Gasteiger partial charge in [-0.25, -0.2) is 4.39 Å². The maximum Gasteiger partial charge on any atom is 0.319 e. The molecule has 41 heavy (non-hydrogen) atoms. The maximum absolute atomic E-state index is 16.6. The average Bonchev–Trinajstić information content (AvgIpc) is 3.58. The summed E-state index contributed by atoms with van der Waals surface area (Å²) in [5, 5.41) is 16.5. The molecule has 7 rings (SSSR count). The molecule has 0 radical (unpaired) electrons. The summed E-state index contributed by atoms with van der Waals surface area (Å²) in [4.78, 5) is 14.3. The number of benzene rings is 3. The molecule has 9 heteroatoms. The molecule has 1 aromatic heterocycles. The maximum atomic E-state index is 16.6. The van der Waals surface area contributed by atoms with Gasteiger partial charge in [0.15, 0.2) is 5.82 Å². The van der Waals surface area contributed by atoms with Gasteiger partial charge in [0.25, 0.3) is 0 Å². The number of ether oxygens (including phenoxy) is 1. The van der Waals surface area contributed by atoms with E-state index >= 15 is 4.39 Å². The average molecular weight is 557 g/mol. The van der Waals surface area contributed by atoms with Gasteiger partial charge in [0.1, 0.15) is 23.7 Å². The number of nitrogens with zero attached hydrogens (tertiary/aromatic N) is 4. The van der Waals surface area contributed by atoms with E-state index in [0.717, 1.165) is 74.9 Å². The van der Waals surface area contributed by atoms with E-state index in [4.69, 9.17) is 15.5 Å². The van der Waals surface area contributed by atoms with Crippen molar-refractivity contribution in [2.75, 3.05) is 44.2 Å². The quantitative estimate of drug-likeness (QED) is 0.293. The number of hydrogen-bond donors (Lipinski definition) is 3. The van der Waals surface area contributed by atoms with Crippen molar-refractivity contribution in [3.63, 3.8) is 0 Å². The van der Waals surface area contributed by atoms with Crippen molar-refractivity contribution in [3.05, 3.63) is 54.3 Å². The largest absolute Gasteiger partial charge is 0.508 e. The number of anilines is 1. The summed E-state index contributed by atoms with van der Waals surface area (Å²) in [7, 11) is 0. The van der Waals surface area contributed by atoms with Gasteiger partial charge in [-0.2, -0.15) is 9.97 Å². The lowest BCUT2D eigenvalue weighted by Crippen LogP contribution is -2.51. The fourth-order valence-corrected chi connectivity index (χ4v) is 6.97. The number of nitrogens with one attached hydrogen (secondary N) is 1. The molecule has 3 aliphatic rings. The van der Waals surface area contributed by atoms with Crippen LogP contribution in [-0.4, -0.2) is 77.4 Å². The van der Waals surface area contributed by atoms with E-state index in [2.05, 4.69) is 20.1 Å². The van der Waals surface area contributed by atoms with Gasteiger partial charge in [-0.3, -0.25) is 4.90 Å². The monoisotopic (exact) mass is 556 g/mol. The molecule has 0 amide bonds. The SMILES string of the molecule is NCCCN1CCC[C@H]1COc1nc(N2C[C@H]3CC[C@@H](C2)N3)c2ccc(-c3cc(O)cc4ccccc34)c(F)c2n1. The highest BCUT2D eigenvalue weighted by molar-refractivity contribution is 6.01. The molecule has 214 valence electrons. The molecule has 3 aliphatic heterocycles. The molecular weight excluding hydrogens is 519 g/mol. The van der Waals surface area contributed by atoms with E-state index in [9.17, 15) is 5.11 Å². The molecule has 0 unspecified atom stereocenters. The molecule has 2 bridgehead atoms. The van der Waals surface area contributed by atoms with Gasteiger partial charge < -0.3 is 25.8 Å². The van der Waals surface area contributed by atoms with Gasteiger partial charge in [-0.15, -0.1) is 0 Å². The summed E-state index contributed by atoms with van der Waals surface area (Å²) >= 11 is 0. The lowest BCUT2D eigenvalue weighted by Gasteiger charge is -2.34.